The minimum Gasteiger partial charge on any atom is -0.293 e. The maximum absolute atomic E-state index is 12.9. The average Bonchev–Trinajstić information content (AvgIpc) is 3.28. The lowest BCUT2D eigenvalue weighted by Crippen LogP contribution is -2.26. The molecule has 1 aliphatic rings. The number of rotatable bonds is 8. The first-order chi connectivity index (χ1) is 17.8. The van der Waals surface area contributed by atoms with E-state index < -0.39 is 0 Å². The van der Waals surface area contributed by atoms with Crippen molar-refractivity contribution in [3.8, 4) is 0 Å². The maximum atomic E-state index is 12.9. The maximum Gasteiger partial charge on any atom is 0.190 e. The Labute approximate surface area is 230 Å². The van der Waals surface area contributed by atoms with Gasteiger partial charge in [0.15, 0.2) is 16.7 Å². The summed E-state index contributed by atoms with van der Waals surface area (Å²) in [6.45, 7) is 6.97. The molecule has 0 spiro atoms. The number of carbonyl (C=O) groups is 2. The molecule has 4 nitrogen and oxygen atoms in total. The Bertz CT molecular complexity index is 1430. The third kappa shape index (κ3) is 6.00. The van der Waals surface area contributed by atoms with Gasteiger partial charge in [-0.3, -0.25) is 9.59 Å². The largest absolute Gasteiger partial charge is 0.293 e. The number of nitrogens with zero attached hydrogens (tertiary/aromatic N) is 2. The van der Waals surface area contributed by atoms with E-state index in [2.05, 4.69) is 20.8 Å². The Kier molecular flexibility index (Phi) is 7.84. The minimum absolute atomic E-state index is 0.0567. The van der Waals surface area contributed by atoms with Crippen molar-refractivity contribution in [2.24, 2.45) is 11.3 Å². The van der Waals surface area contributed by atoms with E-state index in [0.29, 0.717) is 28.0 Å². The molecule has 2 aromatic heterocycles. The fourth-order valence-corrected chi connectivity index (χ4v) is 7.88. The minimum atomic E-state index is 0.0567. The molecule has 0 radical (unpaired) electrons. The fourth-order valence-electron chi connectivity index (χ4n) is 4.71. The van der Waals surface area contributed by atoms with Crippen LogP contribution in [0.3, 0.4) is 0 Å². The number of fused-ring (bicyclic) bond motifs is 3. The first kappa shape index (κ1) is 26.1. The number of hydrogen-bond donors (Lipinski definition) is 0. The van der Waals surface area contributed by atoms with Crippen LogP contribution in [0.15, 0.2) is 70.8 Å². The van der Waals surface area contributed by atoms with Gasteiger partial charge in [0.2, 0.25) is 0 Å². The van der Waals surface area contributed by atoms with E-state index in [0.717, 1.165) is 34.5 Å². The molecule has 0 unspecified atom stereocenters. The summed E-state index contributed by atoms with van der Waals surface area (Å²) in [5.74, 6) is 1.37. The molecule has 0 saturated carbocycles. The molecule has 0 amide bonds. The van der Waals surface area contributed by atoms with Crippen molar-refractivity contribution in [2.75, 3.05) is 11.5 Å². The van der Waals surface area contributed by atoms with Gasteiger partial charge in [-0.25, -0.2) is 9.97 Å². The molecule has 4 aromatic rings. The first-order valence-corrected chi connectivity index (χ1v) is 15.3. The summed E-state index contributed by atoms with van der Waals surface area (Å²) >= 11 is 4.62. The SMILES string of the molecule is CC(C)(C)[C@H]1CCc2c(sc3nc(SCC(=O)c4ccccc4)nc(SCC(=O)c4ccccc4)c23)C1. The Hall–Kier alpha value is -2.48. The van der Waals surface area contributed by atoms with Crippen LogP contribution in [0.4, 0.5) is 0 Å². The van der Waals surface area contributed by atoms with Gasteiger partial charge in [0.25, 0.3) is 0 Å². The normalized spacial score (nSPS) is 15.5. The van der Waals surface area contributed by atoms with E-state index in [-0.39, 0.29) is 22.7 Å². The summed E-state index contributed by atoms with van der Waals surface area (Å²) in [5, 5.41) is 2.56. The summed E-state index contributed by atoms with van der Waals surface area (Å²) in [6.07, 6.45) is 3.22. The van der Waals surface area contributed by atoms with Crippen molar-refractivity contribution in [1.82, 2.24) is 9.97 Å². The molecule has 37 heavy (non-hydrogen) atoms. The van der Waals surface area contributed by atoms with Crippen molar-refractivity contribution in [2.45, 2.75) is 50.2 Å². The van der Waals surface area contributed by atoms with E-state index in [1.54, 1.807) is 11.3 Å². The summed E-state index contributed by atoms with van der Waals surface area (Å²) in [5.41, 5.74) is 3.02. The smallest absolute Gasteiger partial charge is 0.190 e. The molecule has 0 fully saturated rings. The molecule has 0 bridgehead atoms. The van der Waals surface area contributed by atoms with Gasteiger partial charge in [0, 0.05) is 21.4 Å². The predicted octanol–water partition coefficient (Wildman–Crippen LogP) is 7.79. The quantitative estimate of drug-likeness (QED) is 0.0973. The number of ketones is 2. The molecule has 5 rings (SSSR count). The van der Waals surface area contributed by atoms with Gasteiger partial charge in [-0.15, -0.1) is 11.3 Å². The molecule has 0 N–H and O–H groups in total. The van der Waals surface area contributed by atoms with Crippen LogP contribution in [0.25, 0.3) is 10.2 Å². The average molecular weight is 547 g/mol. The van der Waals surface area contributed by atoms with Gasteiger partial charge in [0.1, 0.15) is 9.86 Å². The Morgan fingerprint density at radius 3 is 2.08 bits per heavy atom. The van der Waals surface area contributed by atoms with Crippen LogP contribution in [0, 0.1) is 11.3 Å². The summed E-state index contributed by atoms with van der Waals surface area (Å²) < 4.78 is 0. The standard InChI is InChI=1S/C30H30N2O2S3/c1-30(2,3)21-14-15-22-25(16-21)37-28-26(22)27(35-17-23(33)19-10-6-4-7-11-19)31-29(32-28)36-18-24(34)20-12-8-5-9-13-20/h4-13,21H,14-18H2,1-3H3/t21-/m0/s1. The van der Waals surface area contributed by atoms with Crippen LogP contribution < -0.4 is 0 Å². The number of thiophene rings is 1. The number of hydrogen-bond acceptors (Lipinski definition) is 7. The third-order valence-electron chi connectivity index (χ3n) is 6.94. The molecule has 0 aliphatic heterocycles. The highest BCUT2D eigenvalue weighted by Crippen LogP contribution is 2.45. The molecule has 0 saturated heterocycles. The second-order valence-electron chi connectivity index (χ2n) is 10.5. The monoisotopic (exact) mass is 546 g/mol. The van der Waals surface area contributed by atoms with E-state index >= 15 is 0 Å². The number of thioether (sulfide) groups is 2. The lowest BCUT2D eigenvalue weighted by atomic mass is 9.72. The van der Waals surface area contributed by atoms with E-state index in [1.165, 1.54) is 34.0 Å². The van der Waals surface area contributed by atoms with Crippen LogP contribution in [-0.2, 0) is 12.8 Å². The van der Waals surface area contributed by atoms with Crippen LogP contribution >= 0.6 is 34.9 Å². The molecule has 190 valence electrons. The molecular weight excluding hydrogens is 517 g/mol. The highest BCUT2D eigenvalue weighted by Gasteiger charge is 2.32. The highest BCUT2D eigenvalue weighted by atomic mass is 32.2. The van der Waals surface area contributed by atoms with Crippen LogP contribution in [0.1, 0.15) is 58.3 Å². The molecule has 2 aromatic carbocycles. The highest BCUT2D eigenvalue weighted by molar-refractivity contribution is 8.00. The Balaban J connectivity index is 1.44. The summed E-state index contributed by atoms with van der Waals surface area (Å²) in [4.78, 5) is 37.7. The Morgan fingerprint density at radius 1 is 0.892 bits per heavy atom. The zero-order chi connectivity index (χ0) is 26.0. The van der Waals surface area contributed by atoms with Crippen LogP contribution in [0.2, 0.25) is 0 Å². The Morgan fingerprint density at radius 2 is 1.49 bits per heavy atom. The zero-order valence-electron chi connectivity index (χ0n) is 21.3. The second-order valence-corrected chi connectivity index (χ2v) is 13.4. The molecular formula is C30H30N2O2S3. The van der Waals surface area contributed by atoms with Gasteiger partial charge in [0.05, 0.1) is 11.5 Å². The van der Waals surface area contributed by atoms with E-state index in [4.69, 9.17) is 9.97 Å². The fraction of sp³-hybridized carbons (Fsp3) is 0.333. The molecule has 7 heteroatoms. The lowest BCUT2D eigenvalue weighted by molar-refractivity contribution is 0.101. The van der Waals surface area contributed by atoms with Crippen LogP contribution in [-0.4, -0.2) is 33.0 Å². The predicted molar refractivity (Wildman–Crippen MR) is 155 cm³/mol. The number of Topliss-reactive ketones (excluding diaryl/α,β-unsaturated/α-hetero) is 2. The van der Waals surface area contributed by atoms with Crippen molar-refractivity contribution in [3.63, 3.8) is 0 Å². The second kappa shape index (κ2) is 11.1. The van der Waals surface area contributed by atoms with Gasteiger partial charge in [-0.1, -0.05) is 105 Å². The van der Waals surface area contributed by atoms with E-state index in [9.17, 15) is 9.59 Å². The lowest BCUT2D eigenvalue weighted by Gasteiger charge is -2.33. The molecule has 1 atom stereocenters. The van der Waals surface area contributed by atoms with Crippen molar-refractivity contribution < 1.29 is 9.59 Å². The first-order valence-electron chi connectivity index (χ1n) is 12.5. The van der Waals surface area contributed by atoms with Crippen molar-refractivity contribution in [1.29, 1.82) is 0 Å². The van der Waals surface area contributed by atoms with E-state index in [1.807, 2.05) is 60.7 Å². The molecule has 1 aliphatic carbocycles. The summed E-state index contributed by atoms with van der Waals surface area (Å²) in [7, 11) is 0. The summed E-state index contributed by atoms with van der Waals surface area (Å²) in [6, 6.07) is 18.7. The van der Waals surface area contributed by atoms with Crippen molar-refractivity contribution >= 4 is 56.6 Å². The number of benzene rings is 2. The van der Waals surface area contributed by atoms with Gasteiger partial charge < -0.3 is 0 Å². The number of aryl methyl sites for hydroxylation is 1. The third-order valence-corrected chi connectivity index (χ3v) is 9.91. The zero-order valence-corrected chi connectivity index (χ0v) is 23.8. The number of carbonyl (C=O) groups excluding carboxylic acids is 2. The van der Waals surface area contributed by atoms with Gasteiger partial charge in [-0.2, -0.15) is 0 Å². The van der Waals surface area contributed by atoms with Gasteiger partial charge in [-0.05, 0) is 36.2 Å². The number of aromatic nitrogens is 2. The molecule has 2 heterocycles. The van der Waals surface area contributed by atoms with Gasteiger partial charge >= 0.3 is 0 Å². The van der Waals surface area contributed by atoms with Crippen molar-refractivity contribution in [3.05, 3.63) is 82.2 Å². The topological polar surface area (TPSA) is 59.9 Å². The van der Waals surface area contributed by atoms with Crippen LogP contribution in [0.5, 0.6) is 0 Å².